The molecule has 0 aliphatic rings. The van der Waals surface area contributed by atoms with Crippen LogP contribution in [0.4, 0.5) is 0 Å². The van der Waals surface area contributed by atoms with Gasteiger partial charge >= 0.3 is 0 Å². The molecule has 0 N–H and O–H groups in total. The molecule has 0 saturated carbocycles. The van der Waals surface area contributed by atoms with Crippen LogP contribution in [0.1, 0.15) is 5.56 Å². The lowest BCUT2D eigenvalue weighted by molar-refractivity contribution is 0.578. The predicted octanol–water partition coefficient (Wildman–Crippen LogP) is 4.64. The summed E-state index contributed by atoms with van der Waals surface area (Å²) in [4.78, 5) is 9.10. The smallest absolute Gasteiger partial charge is 0.194 e. The molecule has 0 atom stereocenters. The number of pyridine rings is 1. The van der Waals surface area contributed by atoms with Gasteiger partial charge in [0.1, 0.15) is 5.52 Å². The maximum Gasteiger partial charge on any atom is 0.194 e. The van der Waals surface area contributed by atoms with E-state index < -0.39 is 0 Å². The molecule has 0 radical (unpaired) electrons. The van der Waals surface area contributed by atoms with Gasteiger partial charge in [0.15, 0.2) is 22.5 Å². The summed E-state index contributed by atoms with van der Waals surface area (Å²) < 4.78 is 7.52. The minimum absolute atomic E-state index is 0.338. The lowest BCUT2D eigenvalue weighted by Gasteiger charge is -2.07. The predicted molar refractivity (Wildman–Crippen MR) is 86.3 cm³/mol. The Balaban J connectivity index is 2.03. The molecule has 0 unspecified atom stereocenters. The van der Waals surface area contributed by atoms with Crippen molar-refractivity contribution >= 4 is 22.8 Å². The Kier molecular flexibility index (Phi) is 2.98. The molecule has 3 aromatic heterocycles. The van der Waals surface area contributed by atoms with Crippen molar-refractivity contribution in [1.29, 1.82) is 0 Å². The molecule has 0 bridgehead atoms. The highest BCUT2D eigenvalue weighted by molar-refractivity contribution is 6.28. The van der Waals surface area contributed by atoms with Crippen molar-refractivity contribution in [1.82, 2.24) is 14.5 Å². The number of benzene rings is 1. The number of imidazole rings is 1. The summed E-state index contributed by atoms with van der Waals surface area (Å²) in [5, 5.41) is 0.338. The van der Waals surface area contributed by atoms with Gasteiger partial charge in [-0.05, 0) is 54.9 Å². The third-order valence-electron chi connectivity index (χ3n) is 3.50. The molecule has 0 aliphatic carbocycles. The van der Waals surface area contributed by atoms with E-state index in [-0.39, 0.29) is 0 Å². The van der Waals surface area contributed by atoms with Gasteiger partial charge in [-0.25, -0.2) is 9.97 Å². The van der Waals surface area contributed by atoms with Crippen LogP contribution in [0.25, 0.3) is 28.4 Å². The monoisotopic (exact) mass is 309 g/mol. The van der Waals surface area contributed by atoms with Gasteiger partial charge in [0.25, 0.3) is 0 Å². The fourth-order valence-corrected chi connectivity index (χ4v) is 2.60. The maximum atomic E-state index is 5.91. The van der Waals surface area contributed by atoms with Crippen LogP contribution < -0.4 is 0 Å². The van der Waals surface area contributed by atoms with E-state index in [1.807, 2.05) is 34.9 Å². The highest BCUT2D eigenvalue weighted by Crippen LogP contribution is 2.29. The number of nitrogens with zero attached hydrogens (tertiary/aromatic N) is 3. The molecule has 5 heteroatoms. The standard InChI is InChI=1S/C17H12ClN3O/c1-11-4-6-12(7-5-11)21-16-13(3-2-10-19-16)20-17(21)14-8-9-15(18)22-14/h2-10H,1H3. The minimum atomic E-state index is 0.338. The Morgan fingerprint density at radius 3 is 2.59 bits per heavy atom. The molecule has 4 aromatic rings. The minimum Gasteiger partial charge on any atom is -0.441 e. The van der Waals surface area contributed by atoms with Crippen molar-refractivity contribution < 1.29 is 4.42 Å². The van der Waals surface area contributed by atoms with Gasteiger partial charge in [-0.3, -0.25) is 4.57 Å². The van der Waals surface area contributed by atoms with Crippen LogP contribution in [0.3, 0.4) is 0 Å². The van der Waals surface area contributed by atoms with Gasteiger partial charge in [0.2, 0.25) is 0 Å². The lowest BCUT2D eigenvalue weighted by atomic mass is 10.2. The van der Waals surface area contributed by atoms with E-state index in [4.69, 9.17) is 16.0 Å². The SMILES string of the molecule is Cc1ccc(-n2c(-c3ccc(Cl)o3)nc3cccnc32)cc1. The molecule has 0 spiro atoms. The van der Waals surface area contributed by atoms with Crippen LogP contribution >= 0.6 is 11.6 Å². The molecule has 1 aromatic carbocycles. The fraction of sp³-hybridized carbons (Fsp3) is 0.0588. The number of aromatic nitrogens is 3. The largest absolute Gasteiger partial charge is 0.441 e. The van der Waals surface area contributed by atoms with E-state index in [0.29, 0.717) is 16.8 Å². The molecule has 0 fully saturated rings. The zero-order chi connectivity index (χ0) is 15.1. The van der Waals surface area contributed by atoms with E-state index in [1.165, 1.54) is 5.56 Å². The summed E-state index contributed by atoms with van der Waals surface area (Å²) in [7, 11) is 0. The molecule has 0 amide bonds. The average Bonchev–Trinajstić information content (AvgIpc) is 3.11. The molecule has 0 aliphatic heterocycles. The van der Waals surface area contributed by atoms with Crippen molar-refractivity contribution in [2.45, 2.75) is 6.92 Å². The second-order valence-corrected chi connectivity index (χ2v) is 5.43. The molecule has 4 rings (SSSR count). The van der Waals surface area contributed by atoms with E-state index in [0.717, 1.165) is 16.9 Å². The summed E-state index contributed by atoms with van der Waals surface area (Å²) >= 11 is 5.91. The van der Waals surface area contributed by atoms with Gasteiger partial charge in [0.05, 0.1) is 0 Å². The summed E-state index contributed by atoms with van der Waals surface area (Å²) in [6, 6.07) is 15.5. The highest BCUT2D eigenvalue weighted by atomic mass is 35.5. The number of fused-ring (bicyclic) bond motifs is 1. The zero-order valence-electron chi connectivity index (χ0n) is 11.8. The van der Waals surface area contributed by atoms with Crippen LogP contribution in [0.5, 0.6) is 0 Å². The molecule has 4 nitrogen and oxygen atoms in total. The number of aryl methyl sites for hydroxylation is 1. The Morgan fingerprint density at radius 1 is 1.05 bits per heavy atom. The third kappa shape index (κ3) is 2.09. The fourth-order valence-electron chi connectivity index (χ4n) is 2.45. The number of hydrogen-bond acceptors (Lipinski definition) is 3. The molecular weight excluding hydrogens is 298 g/mol. The number of hydrogen-bond donors (Lipinski definition) is 0. The van der Waals surface area contributed by atoms with Crippen LogP contribution in [0.15, 0.2) is 59.1 Å². The number of halogens is 1. The van der Waals surface area contributed by atoms with Gasteiger partial charge < -0.3 is 4.42 Å². The Labute approximate surface area is 132 Å². The van der Waals surface area contributed by atoms with Crippen LogP contribution in [-0.2, 0) is 0 Å². The van der Waals surface area contributed by atoms with E-state index >= 15 is 0 Å². The van der Waals surface area contributed by atoms with Crippen molar-refractivity contribution in [2.24, 2.45) is 0 Å². The first kappa shape index (κ1) is 13.1. The van der Waals surface area contributed by atoms with Crippen LogP contribution in [0, 0.1) is 6.92 Å². The Hall–Kier alpha value is -2.59. The Bertz CT molecular complexity index is 954. The van der Waals surface area contributed by atoms with E-state index in [1.54, 1.807) is 12.3 Å². The van der Waals surface area contributed by atoms with E-state index in [2.05, 4.69) is 29.0 Å². The Morgan fingerprint density at radius 2 is 1.86 bits per heavy atom. The molecule has 0 saturated heterocycles. The second kappa shape index (κ2) is 5.00. The summed E-state index contributed by atoms with van der Waals surface area (Å²) in [5.74, 6) is 1.30. The van der Waals surface area contributed by atoms with Gasteiger partial charge in [-0.1, -0.05) is 17.7 Å². The zero-order valence-corrected chi connectivity index (χ0v) is 12.6. The van der Waals surface area contributed by atoms with Crippen molar-refractivity contribution in [3.8, 4) is 17.3 Å². The van der Waals surface area contributed by atoms with Crippen molar-refractivity contribution in [3.63, 3.8) is 0 Å². The molecule has 108 valence electrons. The van der Waals surface area contributed by atoms with Crippen molar-refractivity contribution in [2.75, 3.05) is 0 Å². The molecular formula is C17H12ClN3O. The normalized spacial score (nSPS) is 11.2. The van der Waals surface area contributed by atoms with Gasteiger partial charge in [-0.2, -0.15) is 0 Å². The quantitative estimate of drug-likeness (QED) is 0.541. The van der Waals surface area contributed by atoms with Crippen molar-refractivity contribution in [3.05, 3.63) is 65.5 Å². The first-order chi connectivity index (χ1) is 10.7. The first-order valence-corrected chi connectivity index (χ1v) is 7.26. The highest BCUT2D eigenvalue weighted by Gasteiger charge is 2.17. The summed E-state index contributed by atoms with van der Waals surface area (Å²) in [6.07, 6.45) is 1.76. The lowest BCUT2D eigenvalue weighted by Crippen LogP contribution is -1.98. The second-order valence-electron chi connectivity index (χ2n) is 5.06. The average molecular weight is 310 g/mol. The topological polar surface area (TPSA) is 43.9 Å². The van der Waals surface area contributed by atoms with Crippen LogP contribution in [-0.4, -0.2) is 14.5 Å². The molecule has 22 heavy (non-hydrogen) atoms. The summed E-state index contributed by atoms with van der Waals surface area (Å²) in [6.45, 7) is 2.06. The maximum absolute atomic E-state index is 5.91. The van der Waals surface area contributed by atoms with E-state index in [9.17, 15) is 0 Å². The summed E-state index contributed by atoms with van der Waals surface area (Å²) in [5.41, 5.74) is 3.78. The van der Waals surface area contributed by atoms with Gasteiger partial charge in [-0.15, -0.1) is 0 Å². The third-order valence-corrected chi connectivity index (χ3v) is 3.70. The number of furan rings is 1. The first-order valence-electron chi connectivity index (χ1n) is 6.88. The number of rotatable bonds is 2. The van der Waals surface area contributed by atoms with Gasteiger partial charge in [0, 0.05) is 11.9 Å². The van der Waals surface area contributed by atoms with Crippen LogP contribution in [0.2, 0.25) is 5.22 Å². The molecule has 3 heterocycles.